The van der Waals surface area contributed by atoms with Gasteiger partial charge in [0, 0.05) is 18.3 Å². The standard InChI is InChI=1S/C12H16N4OS2/c1-7-9(19-6-14-7)4-5-17-12-10(11(13)18)8(2)15-16(12)3/h6H,4-5H2,1-3H3,(H2,13,18). The number of aromatic nitrogens is 3. The second-order valence-electron chi connectivity index (χ2n) is 4.21. The topological polar surface area (TPSA) is 66.0 Å². The number of hydrogen-bond donors (Lipinski definition) is 1. The lowest BCUT2D eigenvalue weighted by Gasteiger charge is -2.08. The number of nitrogens with two attached hydrogens (primary N) is 1. The minimum Gasteiger partial charge on any atom is -0.477 e. The third-order valence-corrected chi connectivity index (χ3v) is 4.03. The largest absolute Gasteiger partial charge is 0.477 e. The van der Waals surface area contributed by atoms with E-state index in [-0.39, 0.29) is 0 Å². The van der Waals surface area contributed by atoms with Crippen LogP contribution in [0.3, 0.4) is 0 Å². The van der Waals surface area contributed by atoms with Crippen LogP contribution in [-0.2, 0) is 13.5 Å². The SMILES string of the molecule is Cc1ncsc1CCOc1c(C(N)=S)c(C)nn1C. The smallest absolute Gasteiger partial charge is 0.222 e. The van der Waals surface area contributed by atoms with Crippen LogP contribution in [0.4, 0.5) is 0 Å². The third-order valence-electron chi connectivity index (χ3n) is 2.83. The Morgan fingerprint density at radius 3 is 2.79 bits per heavy atom. The van der Waals surface area contributed by atoms with Crippen molar-refractivity contribution in [3.63, 3.8) is 0 Å². The zero-order valence-electron chi connectivity index (χ0n) is 11.1. The summed E-state index contributed by atoms with van der Waals surface area (Å²) in [7, 11) is 1.82. The Hall–Kier alpha value is -1.47. The Balaban J connectivity index is 2.08. The first kappa shape index (κ1) is 14.0. The van der Waals surface area contributed by atoms with Gasteiger partial charge in [0.25, 0.3) is 0 Å². The molecule has 0 aromatic carbocycles. The van der Waals surface area contributed by atoms with E-state index in [9.17, 15) is 0 Å². The molecule has 0 bridgehead atoms. The molecule has 102 valence electrons. The molecule has 2 aromatic heterocycles. The van der Waals surface area contributed by atoms with E-state index in [0.29, 0.717) is 17.5 Å². The summed E-state index contributed by atoms with van der Waals surface area (Å²) >= 11 is 6.68. The van der Waals surface area contributed by atoms with Crippen LogP contribution in [0.2, 0.25) is 0 Å². The van der Waals surface area contributed by atoms with Crippen LogP contribution in [0.15, 0.2) is 5.51 Å². The average Bonchev–Trinajstić information content (AvgIpc) is 2.84. The van der Waals surface area contributed by atoms with Crippen molar-refractivity contribution >= 4 is 28.5 Å². The minimum absolute atomic E-state index is 0.314. The molecule has 0 aliphatic rings. The summed E-state index contributed by atoms with van der Waals surface area (Å²) in [6.07, 6.45) is 0.817. The lowest BCUT2D eigenvalue weighted by molar-refractivity contribution is 0.294. The van der Waals surface area contributed by atoms with E-state index < -0.39 is 0 Å². The fraction of sp³-hybridized carbons (Fsp3) is 0.417. The van der Waals surface area contributed by atoms with Crippen molar-refractivity contribution in [3.8, 4) is 5.88 Å². The number of aryl methyl sites for hydroxylation is 3. The summed E-state index contributed by atoms with van der Waals surface area (Å²) in [5, 5.41) is 4.28. The van der Waals surface area contributed by atoms with Crippen LogP contribution < -0.4 is 10.5 Å². The summed E-state index contributed by atoms with van der Waals surface area (Å²) in [4.78, 5) is 5.76. The normalized spacial score (nSPS) is 10.7. The van der Waals surface area contributed by atoms with Crippen LogP contribution in [0.25, 0.3) is 0 Å². The highest BCUT2D eigenvalue weighted by Crippen LogP contribution is 2.22. The van der Waals surface area contributed by atoms with E-state index in [2.05, 4.69) is 10.1 Å². The van der Waals surface area contributed by atoms with Gasteiger partial charge in [-0.15, -0.1) is 11.3 Å². The van der Waals surface area contributed by atoms with Gasteiger partial charge in [-0.2, -0.15) is 5.10 Å². The third kappa shape index (κ3) is 2.93. The zero-order valence-corrected chi connectivity index (χ0v) is 12.8. The van der Waals surface area contributed by atoms with E-state index in [0.717, 1.165) is 23.4 Å². The van der Waals surface area contributed by atoms with Crippen LogP contribution >= 0.6 is 23.6 Å². The molecule has 2 N–H and O–H groups in total. The first-order valence-electron chi connectivity index (χ1n) is 5.86. The van der Waals surface area contributed by atoms with Gasteiger partial charge in [-0.3, -0.25) is 0 Å². The fourth-order valence-electron chi connectivity index (χ4n) is 1.89. The number of hydrogen-bond acceptors (Lipinski definition) is 5. The predicted molar refractivity (Wildman–Crippen MR) is 79.9 cm³/mol. The molecule has 0 fully saturated rings. The first-order valence-corrected chi connectivity index (χ1v) is 7.14. The van der Waals surface area contributed by atoms with Crippen molar-refractivity contribution in [2.45, 2.75) is 20.3 Å². The molecular formula is C12H16N4OS2. The van der Waals surface area contributed by atoms with Gasteiger partial charge in [-0.05, 0) is 13.8 Å². The maximum absolute atomic E-state index is 5.79. The first-order chi connectivity index (χ1) is 9.00. The molecule has 2 rings (SSSR count). The van der Waals surface area contributed by atoms with E-state index in [1.54, 1.807) is 16.0 Å². The van der Waals surface area contributed by atoms with Crippen molar-refractivity contribution in [1.82, 2.24) is 14.8 Å². The van der Waals surface area contributed by atoms with E-state index in [1.165, 1.54) is 4.88 Å². The van der Waals surface area contributed by atoms with Crippen molar-refractivity contribution < 1.29 is 4.74 Å². The second kappa shape index (κ2) is 5.66. The van der Waals surface area contributed by atoms with Crippen molar-refractivity contribution in [3.05, 3.63) is 27.3 Å². The van der Waals surface area contributed by atoms with Crippen LogP contribution in [-0.4, -0.2) is 26.4 Å². The predicted octanol–water partition coefficient (Wildman–Crippen LogP) is 1.75. The summed E-state index contributed by atoms with van der Waals surface area (Å²) in [5.41, 5.74) is 10.1. The molecule has 19 heavy (non-hydrogen) atoms. The molecule has 0 radical (unpaired) electrons. The Morgan fingerprint density at radius 1 is 1.47 bits per heavy atom. The van der Waals surface area contributed by atoms with E-state index >= 15 is 0 Å². The van der Waals surface area contributed by atoms with Gasteiger partial charge in [0.15, 0.2) is 0 Å². The molecule has 0 atom stereocenters. The number of ether oxygens (including phenoxy) is 1. The van der Waals surface area contributed by atoms with Gasteiger partial charge < -0.3 is 10.5 Å². The molecule has 0 aliphatic heterocycles. The molecule has 0 saturated carbocycles. The number of thiocarbonyl (C=S) groups is 1. The quantitative estimate of drug-likeness (QED) is 0.852. The molecular weight excluding hydrogens is 280 g/mol. The van der Waals surface area contributed by atoms with Gasteiger partial charge in [0.05, 0.1) is 29.1 Å². The maximum atomic E-state index is 5.79. The van der Waals surface area contributed by atoms with Crippen molar-refractivity contribution in [2.75, 3.05) is 6.61 Å². The minimum atomic E-state index is 0.314. The molecule has 2 aromatic rings. The van der Waals surface area contributed by atoms with Crippen LogP contribution in [0.5, 0.6) is 5.88 Å². The summed E-state index contributed by atoms with van der Waals surface area (Å²) in [6, 6.07) is 0. The number of rotatable bonds is 5. The Bertz CT molecular complexity index is 603. The molecule has 0 unspecified atom stereocenters. The van der Waals surface area contributed by atoms with E-state index in [1.807, 2.05) is 26.4 Å². The molecule has 0 aliphatic carbocycles. The maximum Gasteiger partial charge on any atom is 0.222 e. The fourth-order valence-corrected chi connectivity index (χ4v) is 2.89. The molecule has 5 nitrogen and oxygen atoms in total. The Labute approximate surface area is 121 Å². The van der Waals surface area contributed by atoms with Crippen LogP contribution in [0.1, 0.15) is 21.8 Å². The molecule has 0 saturated heterocycles. The van der Waals surface area contributed by atoms with Gasteiger partial charge >= 0.3 is 0 Å². The summed E-state index contributed by atoms with van der Waals surface area (Å²) in [5.74, 6) is 0.632. The van der Waals surface area contributed by atoms with Crippen LogP contribution in [0, 0.1) is 13.8 Å². The van der Waals surface area contributed by atoms with Gasteiger partial charge in [-0.25, -0.2) is 9.67 Å². The molecule has 0 spiro atoms. The molecule has 7 heteroatoms. The number of nitrogens with zero attached hydrogens (tertiary/aromatic N) is 3. The van der Waals surface area contributed by atoms with Gasteiger partial charge in [0.2, 0.25) is 5.88 Å². The molecule has 0 amide bonds. The zero-order chi connectivity index (χ0) is 14.0. The van der Waals surface area contributed by atoms with Gasteiger partial charge in [0.1, 0.15) is 4.99 Å². The van der Waals surface area contributed by atoms with Crippen molar-refractivity contribution in [1.29, 1.82) is 0 Å². The highest BCUT2D eigenvalue weighted by Gasteiger charge is 2.17. The highest BCUT2D eigenvalue weighted by atomic mass is 32.1. The number of thiazole rings is 1. The lowest BCUT2D eigenvalue weighted by atomic mass is 10.2. The van der Waals surface area contributed by atoms with Crippen molar-refractivity contribution in [2.24, 2.45) is 12.8 Å². The second-order valence-corrected chi connectivity index (χ2v) is 5.59. The average molecular weight is 296 g/mol. The monoisotopic (exact) mass is 296 g/mol. The highest BCUT2D eigenvalue weighted by molar-refractivity contribution is 7.80. The Morgan fingerprint density at radius 2 is 2.21 bits per heavy atom. The lowest BCUT2D eigenvalue weighted by Crippen LogP contribution is -2.13. The summed E-state index contributed by atoms with van der Waals surface area (Å²) < 4.78 is 7.46. The Kier molecular flexibility index (Phi) is 4.16. The summed E-state index contributed by atoms with van der Waals surface area (Å²) in [6.45, 7) is 4.42. The molecule has 2 heterocycles. The van der Waals surface area contributed by atoms with Gasteiger partial charge in [-0.1, -0.05) is 12.2 Å². The van der Waals surface area contributed by atoms with E-state index in [4.69, 9.17) is 22.7 Å².